The van der Waals surface area contributed by atoms with Gasteiger partial charge in [-0.1, -0.05) is 41.3 Å². The third-order valence-electron chi connectivity index (χ3n) is 3.79. The zero-order chi connectivity index (χ0) is 18.6. The molecular weight excluding hydrogens is 378 g/mol. The van der Waals surface area contributed by atoms with Crippen molar-refractivity contribution in [3.63, 3.8) is 0 Å². The number of methoxy groups -OCH3 is 1. The molecule has 0 spiro atoms. The van der Waals surface area contributed by atoms with Crippen LogP contribution in [0.5, 0.6) is 5.75 Å². The van der Waals surface area contributed by atoms with Crippen molar-refractivity contribution in [1.82, 2.24) is 9.97 Å². The van der Waals surface area contributed by atoms with Gasteiger partial charge in [0.05, 0.1) is 22.9 Å². The van der Waals surface area contributed by atoms with Crippen LogP contribution in [0.1, 0.15) is 10.4 Å². The Balaban J connectivity index is 1.58. The molecule has 0 unspecified atom stereocenters. The number of hydrogen-bond donors (Lipinski definition) is 1. The molecule has 2 aromatic carbocycles. The summed E-state index contributed by atoms with van der Waals surface area (Å²) in [7, 11) is 1.62. The van der Waals surface area contributed by atoms with E-state index in [2.05, 4.69) is 15.3 Å². The molecule has 0 aliphatic rings. The van der Waals surface area contributed by atoms with Crippen molar-refractivity contribution in [2.75, 3.05) is 12.4 Å². The average molecular weight is 393 g/mol. The number of benzene rings is 2. The molecular formula is C20H15N3O2S2. The summed E-state index contributed by atoms with van der Waals surface area (Å²) < 4.78 is 6.19. The maximum atomic E-state index is 12.8. The van der Waals surface area contributed by atoms with Gasteiger partial charge in [0.2, 0.25) is 0 Å². The molecule has 0 radical (unpaired) electrons. The van der Waals surface area contributed by atoms with Crippen molar-refractivity contribution in [3.05, 3.63) is 72.4 Å². The van der Waals surface area contributed by atoms with Crippen molar-refractivity contribution in [2.24, 2.45) is 0 Å². The predicted molar refractivity (Wildman–Crippen MR) is 109 cm³/mol. The summed E-state index contributed by atoms with van der Waals surface area (Å²) in [5, 5.41) is 4.09. The van der Waals surface area contributed by atoms with Crippen molar-refractivity contribution >= 4 is 44.4 Å². The lowest BCUT2D eigenvalue weighted by molar-refractivity contribution is 0.102. The Kier molecular flexibility index (Phi) is 5.04. The second kappa shape index (κ2) is 7.77. The molecule has 5 nitrogen and oxygen atoms in total. The monoisotopic (exact) mass is 393 g/mol. The second-order valence-electron chi connectivity index (χ2n) is 5.58. The predicted octanol–water partition coefficient (Wildman–Crippen LogP) is 5.10. The second-order valence-corrected chi connectivity index (χ2v) is 7.67. The number of anilines is 1. The number of pyridine rings is 1. The molecule has 0 aliphatic carbocycles. The molecule has 0 saturated carbocycles. The highest BCUT2D eigenvalue weighted by atomic mass is 32.2. The number of aromatic nitrogens is 2. The molecule has 2 aromatic heterocycles. The normalized spacial score (nSPS) is 10.7. The number of carbonyl (C=O) groups excluding carboxylic acids is 1. The molecule has 2 heterocycles. The molecule has 0 atom stereocenters. The fourth-order valence-electron chi connectivity index (χ4n) is 2.49. The van der Waals surface area contributed by atoms with Gasteiger partial charge in [0, 0.05) is 11.1 Å². The summed E-state index contributed by atoms with van der Waals surface area (Å²) in [6.07, 6.45) is 1.69. The molecule has 134 valence electrons. The number of carbonyl (C=O) groups is 1. The molecule has 1 amide bonds. The third-order valence-corrected chi connectivity index (χ3v) is 5.75. The van der Waals surface area contributed by atoms with E-state index in [4.69, 9.17) is 4.74 Å². The standard InChI is InChI=1S/C20H15N3O2S2/c1-25-13-9-10-16-17(12-13)27-20(22-16)23-18(24)15-8-5-11-21-19(15)26-14-6-3-2-4-7-14/h2-12H,1H3,(H,22,23,24). The summed E-state index contributed by atoms with van der Waals surface area (Å²) >= 11 is 2.87. The van der Waals surface area contributed by atoms with Gasteiger partial charge in [-0.25, -0.2) is 9.97 Å². The smallest absolute Gasteiger partial charge is 0.260 e. The van der Waals surface area contributed by atoms with Crippen LogP contribution < -0.4 is 10.1 Å². The first-order chi connectivity index (χ1) is 13.2. The zero-order valence-corrected chi connectivity index (χ0v) is 16.0. The van der Waals surface area contributed by atoms with Gasteiger partial charge in [-0.15, -0.1) is 0 Å². The topological polar surface area (TPSA) is 64.1 Å². The van der Waals surface area contributed by atoms with Gasteiger partial charge in [-0.3, -0.25) is 10.1 Å². The van der Waals surface area contributed by atoms with Gasteiger partial charge < -0.3 is 4.74 Å². The van der Waals surface area contributed by atoms with E-state index in [-0.39, 0.29) is 5.91 Å². The van der Waals surface area contributed by atoms with E-state index in [0.29, 0.717) is 15.7 Å². The van der Waals surface area contributed by atoms with Crippen LogP contribution in [0.25, 0.3) is 10.2 Å². The van der Waals surface area contributed by atoms with Crippen LogP contribution >= 0.6 is 23.1 Å². The van der Waals surface area contributed by atoms with E-state index >= 15 is 0 Å². The van der Waals surface area contributed by atoms with Gasteiger partial charge in [-0.05, 0) is 42.5 Å². The molecule has 4 aromatic rings. The lowest BCUT2D eigenvalue weighted by Gasteiger charge is -2.07. The Labute approximate surface area is 164 Å². The molecule has 4 rings (SSSR count). The van der Waals surface area contributed by atoms with Crippen LogP contribution in [0.2, 0.25) is 0 Å². The molecule has 0 bridgehead atoms. The minimum Gasteiger partial charge on any atom is -0.497 e. The Morgan fingerprint density at radius 1 is 1.11 bits per heavy atom. The number of nitrogens with one attached hydrogen (secondary N) is 1. The molecule has 1 N–H and O–H groups in total. The lowest BCUT2D eigenvalue weighted by atomic mass is 10.3. The number of nitrogens with zero attached hydrogens (tertiary/aromatic N) is 2. The summed E-state index contributed by atoms with van der Waals surface area (Å²) in [5.41, 5.74) is 1.34. The van der Waals surface area contributed by atoms with E-state index < -0.39 is 0 Å². The maximum absolute atomic E-state index is 12.8. The van der Waals surface area contributed by atoms with E-state index in [1.165, 1.54) is 23.1 Å². The van der Waals surface area contributed by atoms with Crippen molar-refractivity contribution in [2.45, 2.75) is 9.92 Å². The van der Waals surface area contributed by atoms with E-state index in [1.54, 1.807) is 25.4 Å². The van der Waals surface area contributed by atoms with Gasteiger partial charge in [0.15, 0.2) is 5.13 Å². The van der Waals surface area contributed by atoms with Crippen molar-refractivity contribution < 1.29 is 9.53 Å². The third kappa shape index (κ3) is 3.94. The highest BCUT2D eigenvalue weighted by Crippen LogP contribution is 2.31. The first-order valence-electron chi connectivity index (χ1n) is 8.17. The first kappa shape index (κ1) is 17.5. The van der Waals surface area contributed by atoms with E-state index in [1.807, 2.05) is 48.5 Å². The summed E-state index contributed by atoms with van der Waals surface area (Å²) in [6, 6.07) is 19.0. The fraction of sp³-hybridized carbons (Fsp3) is 0.0500. The molecule has 0 aliphatic heterocycles. The highest BCUT2D eigenvalue weighted by Gasteiger charge is 2.15. The Hall–Kier alpha value is -2.90. The minimum absolute atomic E-state index is 0.229. The Bertz CT molecular complexity index is 1100. The summed E-state index contributed by atoms with van der Waals surface area (Å²) in [4.78, 5) is 22.7. The van der Waals surface area contributed by atoms with Crippen molar-refractivity contribution in [3.8, 4) is 5.75 Å². The Morgan fingerprint density at radius 2 is 1.96 bits per heavy atom. The average Bonchev–Trinajstić information content (AvgIpc) is 3.10. The van der Waals surface area contributed by atoms with E-state index in [9.17, 15) is 4.79 Å². The highest BCUT2D eigenvalue weighted by molar-refractivity contribution is 7.99. The number of fused-ring (bicyclic) bond motifs is 1. The van der Waals surface area contributed by atoms with Crippen molar-refractivity contribution in [1.29, 1.82) is 0 Å². The summed E-state index contributed by atoms with van der Waals surface area (Å²) in [5.74, 6) is 0.533. The fourth-order valence-corrected chi connectivity index (χ4v) is 4.29. The van der Waals surface area contributed by atoms with Gasteiger partial charge in [-0.2, -0.15) is 0 Å². The number of ether oxygens (including phenoxy) is 1. The van der Waals surface area contributed by atoms with Crippen LogP contribution in [0, 0.1) is 0 Å². The number of thiazole rings is 1. The van der Waals surface area contributed by atoms with Crippen LogP contribution in [-0.4, -0.2) is 23.0 Å². The van der Waals surface area contributed by atoms with E-state index in [0.717, 1.165) is 20.9 Å². The quantitative estimate of drug-likeness (QED) is 0.511. The molecule has 0 fully saturated rings. The number of amides is 1. The maximum Gasteiger partial charge on any atom is 0.260 e. The van der Waals surface area contributed by atoms with Gasteiger partial charge >= 0.3 is 0 Å². The lowest BCUT2D eigenvalue weighted by Crippen LogP contribution is -2.13. The molecule has 27 heavy (non-hydrogen) atoms. The van der Waals surface area contributed by atoms with Crippen LogP contribution in [-0.2, 0) is 0 Å². The first-order valence-corrected chi connectivity index (χ1v) is 9.80. The molecule has 7 heteroatoms. The van der Waals surface area contributed by atoms with Crippen LogP contribution in [0.4, 0.5) is 5.13 Å². The number of hydrogen-bond acceptors (Lipinski definition) is 6. The van der Waals surface area contributed by atoms with Crippen LogP contribution in [0.3, 0.4) is 0 Å². The largest absolute Gasteiger partial charge is 0.497 e. The number of rotatable bonds is 5. The zero-order valence-electron chi connectivity index (χ0n) is 14.4. The summed E-state index contributed by atoms with van der Waals surface area (Å²) in [6.45, 7) is 0. The van der Waals surface area contributed by atoms with Crippen LogP contribution in [0.15, 0.2) is 76.8 Å². The molecule has 0 saturated heterocycles. The van der Waals surface area contributed by atoms with Gasteiger partial charge in [0.25, 0.3) is 5.91 Å². The van der Waals surface area contributed by atoms with Gasteiger partial charge in [0.1, 0.15) is 10.8 Å². The minimum atomic E-state index is -0.229. The Morgan fingerprint density at radius 3 is 2.78 bits per heavy atom. The SMILES string of the molecule is COc1ccc2nc(NC(=O)c3cccnc3Sc3ccccc3)sc2c1.